The Morgan fingerprint density at radius 3 is 2.31 bits per heavy atom. The zero-order valence-corrected chi connectivity index (χ0v) is 22.0. The molecular formula is C29H32FNO4S. The van der Waals surface area contributed by atoms with E-state index in [1.165, 1.54) is 26.4 Å². The van der Waals surface area contributed by atoms with Crippen molar-refractivity contribution in [3.8, 4) is 16.9 Å². The van der Waals surface area contributed by atoms with Crippen LogP contribution < -0.4 is 10.1 Å². The van der Waals surface area contributed by atoms with Crippen molar-refractivity contribution >= 4 is 23.2 Å². The zero-order valence-electron chi connectivity index (χ0n) is 21.2. The van der Waals surface area contributed by atoms with Crippen LogP contribution in [0.15, 0.2) is 42.5 Å². The number of ether oxygens (including phenoxy) is 2. The number of rotatable bonds is 7. The number of benzene rings is 2. The molecule has 1 heterocycles. The summed E-state index contributed by atoms with van der Waals surface area (Å²) in [5, 5.41) is 3.21. The van der Waals surface area contributed by atoms with Crippen molar-refractivity contribution in [1.82, 2.24) is 5.32 Å². The molecule has 3 aromatic rings. The summed E-state index contributed by atoms with van der Waals surface area (Å²) in [4.78, 5) is 27.3. The maximum atomic E-state index is 13.9. The van der Waals surface area contributed by atoms with Crippen LogP contribution in [0.3, 0.4) is 0 Å². The minimum atomic E-state index is -0.341. The average molecular weight is 510 g/mol. The number of hydrogen-bond donors (Lipinski definition) is 1. The smallest absolute Gasteiger partial charge is 0.308 e. The standard InChI is InChI=1S/C29H32FNO4S/c1-17-26(13-19-5-7-20(8-6-19)22-14-23(30)16-25(15-22)34-3)27(18(2)36-17)28(32)31-24-11-9-21(10-12-24)29(33)35-4/h5-8,14-16,21,24H,9-13H2,1-4H3,(H,31,32)/t21-,24+. The molecule has 1 saturated carbocycles. The summed E-state index contributed by atoms with van der Waals surface area (Å²) >= 11 is 1.64. The second-order valence-electron chi connectivity index (χ2n) is 9.37. The quantitative estimate of drug-likeness (QED) is 0.384. The van der Waals surface area contributed by atoms with Gasteiger partial charge in [0.05, 0.1) is 25.7 Å². The minimum Gasteiger partial charge on any atom is -0.497 e. The first kappa shape index (κ1) is 25.9. The number of hydrogen-bond acceptors (Lipinski definition) is 5. The van der Waals surface area contributed by atoms with E-state index in [4.69, 9.17) is 9.47 Å². The van der Waals surface area contributed by atoms with Gasteiger partial charge in [0.1, 0.15) is 11.6 Å². The lowest BCUT2D eigenvalue weighted by Gasteiger charge is -2.27. The van der Waals surface area contributed by atoms with Crippen LogP contribution in [0.5, 0.6) is 5.75 Å². The van der Waals surface area contributed by atoms with Gasteiger partial charge in [-0.2, -0.15) is 0 Å². The number of esters is 1. The first-order valence-corrected chi connectivity index (χ1v) is 13.0. The van der Waals surface area contributed by atoms with Crippen LogP contribution in [0, 0.1) is 25.6 Å². The van der Waals surface area contributed by atoms with Gasteiger partial charge in [0.25, 0.3) is 5.91 Å². The predicted octanol–water partition coefficient (Wildman–Crippen LogP) is 6.23. The van der Waals surface area contributed by atoms with Crippen molar-refractivity contribution < 1.29 is 23.5 Å². The lowest BCUT2D eigenvalue weighted by atomic mass is 9.86. The topological polar surface area (TPSA) is 64.6 Å². The maximum Gasteiger partial charge on any atom is 0.308 e. The first-order chi connectivity index (χ1) is 17.3. The molecule has 0 aliphatic heterocycles. The summed E-state index contributed by atoms with van der Waals surface area (Å²) in [6.07, 6.45) is 3.65. The summed E-state index contributed by atoms with van der Waals surface area (Å²) in [5.74, 6) is -0.133. The number of aryl methyl sites for hydroxylation is 2. The van der Waals surface area contributed by atoms with Crippen LogP contribution in [0.4, 0.5) is 4.39 Å². The van der Waals surface area contributed by atoms with Crippen molar-refractivity contribution in [2.75, 3.05) is 14.2 Å². The lowest BCUT2D eigenvalue weighted by Crippen LogP contribution is -2.39. The molecule has 1 aliphatic carbocycles. The molecule has 0 unspecified atom stereocenters. The number of amides is 1. The van der Waals surface area contributed by atoms with Crippen molar-refractivity contribution in [3.05, 3.63) is 74.7 Å². The van der Waals surface area contributed by atoms with Gasteiger partial charge in [0.2, 0.25) is 0 Å². The predicted molar refractivity (Wildman–Crippen MR) is 140 cm³/mol. The molecule has 0 bridgehead atoms. The van der Waals surface area contributed by atoms with E-state index < -0.39 is 0 Å². The molecule has 4 rings (SSSR count). The van der Waals surface area contributed by atoms with Gasteiger partial charge in [0, 0.05) is 21.9 Å². The van der Waals surface area contributed by atoms with E-state index in [-0.39, 0.29) is 29.7 Å². The third-order valence-electron chi connectivity index (χ3n) is 6.98. The lowest BCUT2D eigenvalue weighted by molar-refractivity contribution is -0.146. The molecule has 1 amide bonds. The van der Waals surface area contributed by atoms with Gasteiger partial charge >= 0.3 is 5.97 Å². The van der Waals surface area contributed by atoms with Gasteiger partial charge < -0.3 is 14.8 Å². The zero-order chi connectivity index (χ0) is 25.8. The number of nitrogens with one attached hydrogen (secondary N) is 1. The first-order valence-electron chi connectivity index (χ1n) is 12.2. The van der Waals surface area contributed by atoms with Crippen molar-refractivity contribution in [1.29, 1.82) is 0 Å². The molecule has 2 aromatic carbocycles. The Hall–Kier alpha value is -3.19. The van der Waals surface area contributed by atoms with E-state index in [9.17, 15) is 14.0 Å². The highest BCUT2D eigenvalue weighted by Crippen LogP contribution is 2.32. The molecule has 5 nitrogen and oxygen atoms in total. The van der Waals surface area contributed by atoms with Crippen LogP contribution in [0.1, 0.15) is 56.9 Å². The van der Waals surface area contributed by atoms with Crippen molar-refractivity contribution in [2.24, 2.45) is 5.92 Å². The Kier molecular flexibility index (Phi) is 8.09. The van der Waals surface area contributed by atoms with E-state index in [0.717, 1.165) is 63.3 Å². The normalized spacial score (nSPS) is 17.5. The fourth-order valence-electron chi connectivity index (χ4n) is 5.00. The Morgan fingerprint density at radius 2 is 1.67 bits per heavy atom. The molecular weight excluding hydrogens is 477 g/mol. The van der Waals surface area contributed by atoms with Gasteiger partial charge in [-0.3, -0.25) is 9.59 Å². The van der Waals surface area contributed by atoms with E-state index >= 15 is 0 Å². The molecule has 1 N–H and O–H groups in total. The largest absolute Gasteiger partial charge is 0.497 e. The summed E-state index contributed by atoms with van der Waals surface area (Å²) in [6, 6.07) is 12.7. The molecule has 0 spiro atoms. The summed E-state index contributed by atoms with van der Waals surface area (Å²) in [6.45, 7) is 4.05. The van der Waals surface area contributed by atoms with Crippen LogP contribution in [0.2, 0.25) is 0 Å². The average Bonchev–Trinajstić information content (AvgIpc) is 3.16. The van der Waals surface area contributed by atoms with Crippen LogP contribution in [0.25, 0.3) is 11.1 Å². The molecule has 1 fully saturated rings. The highest BCUT2D eigenvalue weighted by Gasteiger charge is 2.29. The molecule has 1 aromatic heterocycles. The maximum absolute atomic E-state index is 13.9. The highest BCUT2D eigenvalue weighted by atomic mass is 32.1. The number of carbonyl (C=O) groups is 2. The second kappa shape index (κ2) is 11.2. The van der Waals surface area contributed by atoms with E-state index in [1.54, 1.807) is 11.3 Å². The third-order valence-corrected chi connectivity index (χ3v) is 8.05. The molecule has 0 saturated heterocycles. The number of methoxy groups -OCH3 is 2. The van der Waals surface area contributed by atoms with Gasteiger partial charge in [-0.25, -0.2) is 4.39 Å². The summed E-state index contributed by atoms with van der Waals surface area (Å²) < 4.78 is 24.0. The van der Waals surface area contributed by atoms with Gasteiger partial charge in [0.15, 0.2) is 0 Å². The Balaban J connectivity index is 1.47. The molecule has 0 radical (unpaired) electrons. The van der Waals surface area contributed by atoms with E-state index in [0.29, 0.717) is 12.2 Å². The van der Waals surface area contributed by atoms with Crippen molar-refractivity contribution in [2.45, 2.75) is 52.0 Å². The second-order valence-corrected chi connectivity index (χ2v) is 10.8. The molecule has 1 aliphatic rings. The highest BCUT2D eigenvalue weighted by molar-refractivity contribution is 7.12. The van der Waals surface area contributed by atoms with Gasteiger partial charge in [-0.1, -0.05) is 24.3 Å². The fourth-order valence-corrected chi connectivity index (χ4v) is 6.08. The molecule has 7 heteroatoms. The van der Waals surface area contributed by atoms with Crippen LogP contribution >= 0.6 is 11.3 Å². The molecule has 36 heavy (non-hydrogen) atoms. The molecule has 0 atom stereocenters. The summed E-state index contributed by atoms with van der Waals surface area (Å²) in [5.41, 5.74) is 4.53. The Bertz CT molecular complexity index is 1240. The van der Waals surface area contributed by atoms with Gasteiger partial charge in [-0.15, -0.1) is 11.3 Å². The number of thiophene rings is 1. The van der Waals surface area contributed by atoms with Crippen LogP contribution in [-0.4, -0.2) is 32.1 Å². The third kappa shape index (κ3) is 5.78. The van der Waals surface area contributed by atoms with Crippen molar-refractivity contribution in [3.63, 3.8) is 0 Å². The Morgan fingerprint density at radius 1 is 0.972 bits per heavy atom. The van der Waals surface area contributed by atoms with Crippen LogP contribution in [-0.2, 0) is 16.0 Å². The Labute approximate surface area is 215 Å². The monoisotopic (exact) mass is 509 g/mol. The summed E-state index contributed by atoms with van der Waals surface area (Å²) in [7, 11) is 2.94. The number of carbonyl (C=O) groups excluding carboxylic acids is 2. The van der Waals surface area contributed by atoms with E-state index in [1.807, 2.05) is 37.3 Å². The SMILES string of the molecule is COc1cc(F)cc(-c2ccc(Cc3c(C)sc(C)c3C(=O)N[C@H]3CC[C@@H](C(=O)OC)CC3)cc2)c1. The number of halogens is 1. The minimum absolute atomic E-state index is 0.0446. The molecule has 190 valence electrons. The van der Waals surface area contributed by atoms with E-state index in [2.05, 4.69) is 12.2 Å². The fraction of sp³-hybridized carbons (Fsp3) is 0.379. The van der Waals surface area contributed by atoms with Gasteiger partial charge in [-0.05, 0) is 80.3 Å².